The highest BCUT2D eigenvalue weighted by atomic mass is 16.5. The number of hydrazone groups is 1. The standard InChI is InChI=1S/C29H24N2O2/c32-29(22-33-27-19-17-25(18-20-27)24-12-6-2-7-13-24)31-30-28(26-14-8-3-9-15-26)21-16-23-10-4-1-5-11-23/h1-21H,22H2,(H,31,32)/b21-16+,30-28-. The molecule has 0 saturated heterocycles. The van der Waals surface area contributed by atoms with Crippen molar-refractivity contribution in [3.05, 3.63) is 132 Å². The highest BCUT2D eigenvalue weighted by Crippen LogP contribution is 2.22. The summed E-state index contributed by atoms with van der Waals surface area (Å²) in [6.45, 7) is -0.126. The van der Waals surface area contributed by atoms with Gasteiger partial charge in [-0.1, -0.05) is 109 Å². The van der Waals surface area contributed by atoms with Crippen LogP contribution < -0.4 is 10.2 Å². The molecule has 0 aliphatic heterocycles. The van der Waals surface area contributed by atoms with Gasteiger partial charge in [-0.25, -0.2) is 5.43 Å². The number of rotatable bonds is 8. The zero-order chi connectivity index (χ0) is 22.7. The number of amides is 1. The molecule has 0 aliphatic rings. The van der Waals surface area contributed by atoms with E-state index in [0.29, 0.717) is 11.5 Å². The average molecular weight is 433 g/mol. The lowest BCUT2D eigenvalue weighted by atomic mass is 10.1. The average Bonchev–Trinajstić information content (AvgIpc) is 2.89. The molecule has 4 rings (SSSR count). The molecule has 4 heteroatoms. The number of hydrogen-bond donors (Lipinski definition) is 1. The van der Waals surface area contributed by atoms with E-state index in [1.807, 2.05) is 115 Å². The molecule has 4 aromatic rings. The Morgan fingerprint density at radius 2 is 1.30 bits per heavy atom. The van der Waals surface area contributed by atoms with Gasteiger partial charge in [0.1, 0.15) is 5.75 Å². The van der Waals surface area contributed by atoms with E-state index in [-0.39, 0.29) is 12.5 Å². The Balaban J connectivity index is 1.38. The van der Waals surface area contributed by atoms with Crippen molar-refractivity contribution in [3.63, 3.8) is 0 Å². The van der Waals surface area contributed by atoms with Gasteiger partial charge >= 0.3 is 0 Å². The van der Waals surface area contributed by atoms with Gasteiger partial charge in [-0.05, 0) is 34.9 Å². The zero-order valence-corrected chi connectivity index (χ0v) is 18.1. The van der Waals surface area contributed by atoms with E-state index in [4.69, 9.17) is 4.74 Å². The van der Waals surface area contributed by atoms with Gasteiger partial charge in [-0.15, -0.1) is 0 Å². The van der Waals surface area contributed by atoms with E-state index >= 15 is 0 Å². The molecule has 0 aromatic heterocycles. The molecule has 4 aromatic carbocycles. The molecule has 1 N–H and O–H groups in total. The minimum absolute atomic E-state index is 0.126. The molecule has 0 heterocycles. The van der Waals surface area contributed by atoms with Crippen LogP contribution >= 0.6 is 0 Å². The Bertz CT molecular complexity index is 1220. The van der Waals surface area contributed by atoms with E-state index in [1.165, 1.54) is 0 Å². The Kier molecular flexibility index (Phi) is 7.43. The Labute approximate surface area is 193 Å². The summed E-state index contributed by atoms with van der Waals surface area (Å²) in [5.74, 6) is 0.296. The lowest BCUT2D eigenvalue weighted by Crippen LogP contribution is -2.25. The summed E-state index contributed by atoms with van der Waals surface area (Å²) in [6, 6.07) is 37.4. The van der Waals surface area contributed by atoms with Crippen molar-refractivity contribution in [2.24, 2.45) is 5.10 Å². The molecule has 0 saturated carbocycles. The van der Waals surface area contributed by atoms with Gasteiger partial charge in [-0.2, -0.15) is 5.10 Å². The van der Waals surface area contributed by atoms with Crippen molar-refractivity contribution in [1.82, 2.24) is 5.43 Å². The van der Waals surface area contributed by atoms with Gasteiger partial charge in [0.25, 0.3) is 5.91 Å². The first-order valence-corrected chi connectivity index (χ1v) is 10.7. The molecular formula is C29H24N2O2. The van der Waals surface area contributed by atoms with Crippen LogP contribution in [0.2, 0.25) is 0 Å². The van der Waals surface area contributed by atoms with Crippen molar-refractivity contribution in [2.45, 2.75) is 0 Å². The minimum Gasteiger partial charge on any atom is -0.484 e. The fourth-order valence-corrected chi connectivity index (χ4v) is 3.22. The molecule has 0 aliphatic carbocycles. The van der Waals surface area contributed by atoms with Crippen molar-refractivity contribution in [1.29, 1.82) is 0 Å². The molecule has 0 spiro atoms. The van der Waals surface area contributed by atoms with Gasteiger partial charge in [0.05, 0.1) is 5.71 Å². The van der Waals surface area contributed by atoms with Crippen molar-refractivity contribution in [2.75, 3.05) is 6.61 Å². The normalized spacial score (nSPS) is 11.3. The van der Waals surface area contributed by atoms with Gasteiger partial charge in [0, 0.05) is 5.56 Å². The van der Waals surface area contributed by atoms with Crippen LogP contribution in [-0.2, 0) is 4.79 Å². The third-order valence-corrected chi connectivity index (χ3v) is 4.94. The molecule has 162 valence electrons. The minimum atomic E-state index is -0.330. The van der Waals surface area contributed by atoms with Crippen LogP contribution in [0.15, 0.2) is 126 Å². The summed E-state index contributed by atoms with van der Waals surface area (Å²) in [5, 5.41) is 4.33. The monoisotopic (exact) mass is 432 g/mol. The number of ether oxygens (including phenoxy) is 1. The van der Waals surface area contributed by atoms with Crippen LogP contribution in [0.5, 0.6) is 5.75 Å². The SMILES string of the molecule is O=C(COc1ccc(-c2ccccc2)cc1)N/N=C(/C=C/c1ccccc1)c1ccccc1. The molecular weight excluding hydrogens is 408 g/mol. The second kappa shape index (κ2) is 11.3. The van der Waals surface area contributed by atoms with E-state index in [2.05, 4.69) is 22.7 Å². The van der Waals surface area contributed by atoms with Crippen molar-refractivity contribution < 1.29 is 9.53 Å². The van der Waals surface area contributed by atoms with Gasteiger partial charge in [-0.3, -0.25) is 4.79 Å². The molecule has 0 fully saturated rings. The lowest BCUT2D eigenvalue weighted by Gasteiger charge is -2.07. The first-order chi connectivity index (χ1) is 16.3. The highest BCUT2D eigenvalue weighted by molar-refractivity contribution is 6.11. The van der Waals surface area contributed by atoms with E-state index < -0.39 is 0 Å². The highest BCUT2D eigenvalue weighted by Gasteiger charge is 2.05. The summed E-state index contributed by atoms with van der Waals surface area (Å²) < 4.78 is 5.63. The Hall–Kier alpha value is -4.44. The Morgan fingerprint density at radius 3 is 1.97 bits per heavy atom. The number of carbonyl (C=O) groups is 1. The summed E-state index contributed by atoms with van der Waals surface area (Å²) >= 11 is 0. The summed E-state index contributed by atoms with van der Waals surface area (Å²) in [7, 11) is 0. The predicted molar refractivity (Wildman–Crippen MR) is 134 cm³/mol. The van der Waals surface area contributed by atoms with Gasteiger partial charge < -0.3 is 4.74 Å². The van der Waals surface area contributed by atoms with E-state index in [9.17, 15) is 4.79 Å². The fraction of sp³-hybridized carbons (Fsp3) is 0.0345. The van der Waals surface area contributed by atoms with Crippen LogP contribution in [0.4, 0.5) is 0 Å². The van der Waals surface area contributed by atoms with E-state index in [1.54, 1.807) is 0 Å². The first kappa shape index (κ1) is 21.8. The fourth-order valence-electron chi connectivity index (χ4n) is 3.22. The second-order valence-corrected chi connectivity index (χ2v) is 7.32. The molecule has 0 bridgehead atoms. The van der Waals surface area contributed by atoms with Gasteiger partial charge in [0.2, 0.25) is 0 Å². The van der Waals surface area contributed by atoms with Gasteiger partial charge in [0.15, 0.2) is 6.61 Å². The number of benzene rings is 4. The number of nitrogens with zero attached hydrogens (tertiary/aromatic N) is 1. The zero-order valence-electron chi connectivity index (χ0n) is 18.1. The van der Waals surface area contributed by atoms with Crippen LogP contribution in [0.1, 0.15) is 11.1 Å². The maximum atomic E-state index is 12.3. The lowest BCUT2D eigenvalue weighted by molar-refractivity contribution is -0.123. The quantitative estimate of drug-likeness (QED) is 0.276. The number of hydrogen-bond acceptors (Lipinski definition) is 3. The molecule has 0 radical (unpaired) electrons. The molecule has 0 atom stereocenters. The summed E-state index contributed by atoms with van der Waals surface area (Å²) in [5.41, 5.74) is 7.43. The smallest absolute Gasteiger partial charge is 0.277 e. The maximum Gasteiger partial charge on any atom is 0.277 e. The number of nitrogens with one attached hydrogen (secondary N) is 1. The number of carbonyl (C=O) groups excluding carboxylic acids is 1. The Morgan fingerprint density at radius 1 is 0.727 bits per heavy atom. The number of allylic oxidation sites excluding steroid dienone is 1. The first-order valence-electron chi connectivity index (χ1n) is 10.7. The summed E-state index contributed by atoms with van der Waals surface area (Å²) in [6.07, 6.45) is 3.84. The second-order valence-electron chi connectivity index (χ2n) is 7.32. The van der Waals surface area contributed by atoms with Crippen LogP contribution in [-0.4, -0.2) is 18.2 Å². The predicted octanol–water partition coefficient (Wildman–Crippen LogP) is 5.97. The third-order valence-electron chi connectivity index (χ3n) is 4.94. The maximum absolute atomic E-state index is 12.3. The molecule has 4 nitrogen and oxygen atoms in total. The third kappa shape index (κ3) is 6.52. The van der Waals surface area contributed by atoms with Crippen molar-refractivity contribution in [3.8, 4) is 16.9 Å². The van der Waals surface area contributed by atoms with Crippen LogP contribution in [0.3, 0.4) is 0 Å². The van der Waals surface area contributed by atoms with Crippen LogP contribution in [0.25, 0.3) is 17.2 Å². The topological polar surface area (TPSA) is 50.7 Å². The van der Waals surface area contributed by atoms with Crippen molar-refractivity contribution >= 4 is 17.7 Å². The molecule has 0 unspecified atom stereocenters. The largest absolute Gasteiger partial charge is 0.484 e. The molecule has 33 heavy (non-hydrogen) atoms. The molecule has 1 amide bonds. The van der Waals surface area contributed by atoms with E-state index in [0.717, 1.165) is 22.3 Å². The van der Waals surface area contributed by atoms with Crippen LogP contribution in [0, 0.1) is 0 Å². The summed E-state index contributed by atoms with van der Waals surface area (Å²) in [4.78, 5) is 12.3.